The topological polar surface area (TPSA) is 13.1 Å². The highest BCUT2D eigenvalue weighted by Gasteiger charge is 2.33. The van der Waals surface area contributed by atoms with Gasteiger partial charge in [-0.15, -0.1) is 11.8 Å². The average Bonchev–Trinajstić information content (AvgIpc) is 2.59. The third-order valence-electron chi connectivity index (χ3n) is 2.11. The number of furan rings is 1. The van der Waals surface area contributed by atoms with E-state index in [-0.39, 0.29) is 4.75 Å². The third-order valence-corrected chi connectivity index (χ3v) is 3.41. The van der Waals surface area contributed by atoms with Crippen LogP contribution in [0.25, 0.3) is 0 Å². The van der Waals surface area contributed by atoms with Crippen molar-refractivity contribution in [3.05, 3.63) is 35.1 Å². The molecular formula is C10H11OS. The van der Waals surface area contributed by atoms with Crippen molar-refractivity contribution in [2.45, 2.75) is 25.0 Å². The number of allylic oxidation sites excluding steroid dienone is 2. The first-order valence-electron chi connectivity index (χ1n) is 4.02. The van der Waals surface area contributed by atoms with Crippen molar-refractivity contribution < 1.29 is 4.42 Å². The van der Waals surface area contributed by atoms with Gasteiger partial charge in [-0.3, -0.25) is 0 Å². The number of hydrogen-bond donors (Lipinski definition) is 0. The van der Waals surface area contributed by atoms with Crippen molar-refractivity contribution in [2.24, 2.45) is 0 Å². The lowest BCUT2D eigenvalue weighted by molar-refractivity contribution is 0.456. The van der Waals surface area contributed by atoms with Gasteiger partial charge >= 0.3 is 0 Å². The maximum absolute atomic E-state index is 5.36. The minimum Gasteiger partial charge on any atom is -0.467 e. The number of rotatable bonds is 1. The summed E-state index contributed by atoms with van der Waals surface area (Å²) in [5.41, 5.74) is 0. The first-order chi connectivity index (χ1) is 5.71. The molecule has 1 nitrogen and oxygen atoms in total. The van der Waals surface area contributed by atoms with Crippen LogP contribution >= 0.6 is 11.8 Å². The molecule has 1 aliphatic heterocycles. The van der Waals surface area contributed by atoms with E-state index in [4.69, 9.17) is 4.42 Å². The largest absolute Gasteiger partial charge is 0.467 e. The highest BCUT2D eigenvalue weighted by Crippen LogP contribution is 2.48. The van der Waals surface area contributed by atoms with E-state index in [1.54, 1.807) is 6.26 Å². The maximum Gasteiger partial charge on any atom is 0.128 e. The summed E-state index contributed by atoms with van der Waals surface area (Å²) < 4.78 is 5.45. The summed E-state index contributed by atoms with van der Waals surface area (Å²) in [5.74, 6) is 0.959. The number of thioether (sulfide) groups is 1. The van der Waals surface area contributed by atoms with Crippen LogP contribution < -0.4 is 0 Å². The van der Waals surface area contributed by atoms with E-state index in [1.807, 2.05) is 17.8 Å². The summed E-state index contributed by atoms with van der Waals surface area (Å²) in [4.78, 5) is 1.38. The Morgan fingerprint density at radius 2 is 2.50 bits per heavy atom. The SMILES string of the molecule is CC1=CCC(C)(c2[c]cco2)S1. The third kappa shape index (κ3) is 1.20. The first kappa shape index (κ1) is 7.99. The predicted molar refractivity (Wildman–Crippen MR) is 50.9 cm³/mol. The summed E-state index contributed by atoms with van der Waals surface area (Å²) in [6.45, 7) is 4.33. The van der Waals surface area contributed by atoms with Crippen LogP contribution in [0, 0.1) is 6.07 Å². The van der Waals surface area contributed by atoms with Crippen molar-refractivity contribution in [3.63, 3.8) is 0 Å². The molecule has 1 atom stereocenters. The Morgan fingerprint density at radius 1 is 1.67 bits per heavy atom. The zero-order valence-electron chi connectivity index (χ0n) is 7.26. The van der Waals surface area contributed by atoms with Gasteiger partial charge in [0.15, 0.2) is 0 Å². The highest BCUT2D eigenvalue weighted by molar-refractivity contribution is 8.04. The minimum absolute atomic E-state index is 0.0909. The zero-order valence-corrected chi connectivity index (χ0v) is 8.07. The molecule has 0 aliphatic carbocycles. The molecule has 63 valence electrons. The summed E-state index contributed by atoms with van der Waals surface area (Å²) in [5, 5.41) is 0. The van der Waals surface area contributed by atoms with Gasteiger partial charge < -0.3 is 4.42 Å². The molecular weight excluding hydrogens is 168 g/mol. The van der Waals surface area contributed by atoms with Gasteiger partial charge in [0.1, 0.15) is 5.76 Å². The van der Waals surface area contributed by atoms with E-state index in [0.29, 0.717) is 0 Å². The van der Waals surface area contributed by atoms with Crippen LogP contribution in [-0.4, -0.2) is 0 Å². The fourth-order valence-electron chi connectivity index (χ4n) is 1.44. The van der Waals surface area contributed by atoms with Gasteiger partial charge in [0.05, 0.1) is 11.0 Å². The van der Waals surface area contributed by atoms with Gasteiger partial charge in [-0.1, -0.05) is 6.08 Å². The average molecular weight is 179 g/mol. The van der Waals surface area contributed by atoms with Crippen LogP contribution in [0.1, 0.15) is 26.0 Å². The monoisotopic (exact) mass is 179 g/mol. The summed E-state index contributed by atoms with van der Waals surface area (Å²) in [6.07, 6.45) is 4.99. The van der Waals surface area contributed by atoms with E-state index in [0.717, 1.165) is 12.2 Å². The molecule has 2 heterocycles. The molecule has 2 rings (SSSR count). The van der Waals surface area contributed by atoms with Crippen LogP contribution in [0.4, 0.5) is 0 Å². The van der Waals surface area contributed by atoms with Crippen molar-refractivity contribution in [1.29, 1.82) is 0 Å². The maximum atomic E-state index is 5.36. The van der Waals surface area contributed by atoms with E-state index in [9.17, 15) is 0 Å². The molecule has 1 aromatic rings. The molecule has 1 aromatic heterocycles. The summed E-state index contributed by atoms with van der Waals surface area (Å²) in [7, 11) is 0. The quantitative estimate of drug-likeness (QED) is 0.656. The zero-order chi connectivity index (χ0) is 8.60. The van der Waals surface area contributed by atoms with Crippen molar-refractivity contribution in [1.82, 2.24) is 0 Å². The molecule has 0 spiro atoms. The molecule has 2 heteroatoms. The van der Waals surface area contributed by atoms with E-state index >= 15 is 0 Å². The Balaban J connectivity index is 2.26. The van der Waals surface area contributed by atoms with Crippen molar-refractivity contribution in [3.8, 4) is 0 Å². The summed E-state index contributed by atoms with van der Waals surface area (Å²) >= 11 is 1.86. The van der Waals surface area contributed by atoms with Crippen LogP contribution in [0.5, 0.6) is 0 Å². The van der Waals surface area contributed by atoms with Crippen molar-refractivity contribution >= 4 is 11.8 Å². The van der Waals surface area contributed by atoms with Gasteiger partial charge in [-0.05, 0) is 31.2 Å². The van der Waals surface area contributed by atoms with E-state index in [1.165, 1.54) is 4.91 Å². The molecule has 0 saturated heterocycles. The molecule has 0 fully saturated rings. The smallest absolute Gasteiger partial charge is 0.128 e. The van der Waals surface area contributed by atoms with Crippen LogP contribution in [0.3, 0.4) is 0 Å². The number of hydrogen-bond acceptors (Lipinski definition) is 2. The lowest BCUT2D eigenvalue weighted by Crippen LogP contribution is -2.11. The lowest BCUT2D eigenvalue weighted by atomic mass is 10.0. The van der Waals surface area contributed by atoms with E-state index < -0.39 is 0 Å². The second kappa shape index (κ2) is 2.70. The fourth-order valence-corrected chi connectivity index (χ4v) is 2.68. The molecule has 0 saturated carbocycles. The van der Waals surface area contributed by atoms with Gasteiger partial charge in [-0.2, -0.15) is 0 Å². The Morgan fingerprint density at radius 3 is 3.00 bits per heavy atom. The second-order valence-corrected chi connectivity index (χ2v) is 4.99. The predicted octanol–water partition coefficient (Wildman–Crippen LogP) is 3.34. The highest BCUT2D eigenvalue weighted by atomic mass is 32.2. The molecule has 12 heavy (non-hydrogen) atoms. The Hall–Kier alpha value is -0.630. The second-order valence-electron chi connectivity index (χ2n) is 3.25. The summed E-state index contributed by atoms with van der Waals surface area (Å²) in [6, 6.07) is 4.95. The Labute approximate surface area is 76.8 Å². The first-order valence-corrected chi connectivity index (χ1v) is 4.84. The Kier molecular flexibility index (Phi) is 1.80. The van der Waals surface area contributed by atoms with Gasteiger partial charge in [0, 0.05) is 6.07 Å². The molecule has 1 unspecified atom stereocenters. The molecule has 1 radical (unpaired) electrons. The molecule has 0 aromatic carbocycles. The molecule has 0 N–H and O–H groups in total. The van der Waals surface area contributed by atoms with Gasteiger partial charge in [-0.25, -0.2) is 0 Å². The molecule has 0 bridgehead atoms. The molecule has 1 aliphatic rings. The van der Waals surface area contributed by atoms with Crippen LogP contribution in [0.15, 0.2) is 27.7 Å². The Bertz CT molecular complexity index is 300. The van der Waals surface area contributed by atoms with Gasteiger partial charge in [0.2, 0.25) is 0 Å². The van der Waals surface area contributed by atoms with Crippen LogP contribution in [-0.2, 0) is 4.75 Å². The molecule has 0 amide bonds. The minimum atomic E-state index is 0.0909. The standard InChI is InChI=1S/C10H11OS/c1-8-5-6-10(2,12-8)9-4-3-7-11-9/h3,5,7H,6H2,1-2H3. The normalized spacial score (nSPS) is 29.0. The van der Waals surface area contributed by atoms with Crippen molar-refractivity contribution in [2.75, 3.05) is 0 Å². The lowest BCUT2D eigenvalue weighted by Gasteiger charge is -2.19. The van der Waals surface area contributed by atoms with Gasteiger partial charge in [0.25, 0.3) is 0 Å². The van der Waals surface area contributed by atoms with Crippen LogP contribution in [0.2, 0.25) is 0 Å². The fraction of sp³-hybridized carbons (Fsp3) is 0.400. The van der Waals surface area contributed by atoms with E-state index in [2.05, 4.69) is 26.0 Å².